The Morgan fingerprint density at radius 3 is 2.54 bits per heavy atom. The lowest BCUT2D eigenvalue weighted by Gasteiger charge is -2.23. The third-order valence-corrected chi connectivity index (χ3v) is 3.60. The SMILES string of the molecule is CC(C)=C1C2CCC(C2)C1C(N)=O. The van der Waals surface area contributed by atoms with Gasteiger partial charge in [0.05, 0.1) is 5.92 Å². The predicted octanol–water partition coefficient (Wildman–Crippen LogP) is 1.85. The van der Waals surface area contributed by atoms with Gasteiger partial charge in [0.2, 0.25) is 5.91 Å². The molecule has 0 saturated heterocycles. The van der Waals surface area contributed by atoms with Crippen molar-refractivity contribution in [3.8, 4) is 0 Å². The summed E-state index contributed by atoms with van der Waals surface area (Å²) in [6.45, 7) is 4.21. The van der Waals surface area contributed by atoms with Crippen molar-refractivity contribution in [1.82, 2.24) is 0 Å². The van der Waals surface area contributed by atoms with Gasteiger partial charge in [-0.05, 0) is 44.9 Å². The zero-order valence-electron chi connectivity index (χ0n) is 8.34. The number of rotatable bonds is 1. The predicted molar refractivity (Wildman–Crippen MR) is 51.9 cm³/mol. The lowest BCUT2D eigenvalue weighted by Crippen LogP contribution is -2.29. The van der Waals surface area contributed by atoms with E-state index in [0.29, 0.717) is 11.8 Å². The van der Waals surface area contributed by atoms with Gasteiger partial charge in [-0.2, -0.15) is 0 Å². The van der Waals surface area contributed by atoms with Crippen molar-refractivity contribution in [2.75, 3.05) is 0 Å². The van der Waals surface area contributed by atoms with E-state index in [1.807, 2.05) is 0 Å². The Morgan fingerprint density at radius 1 is 1.38 bits per heavy atom. The first-order chi connectivity index (χ1) is 6.11. The molecule has 2 N–H and O–H groups in total. The third-order valence-electron chi connectivity index (χ3n) is 3.60. The van der Waals surface area contributed by atoms with E-state index in [9.17, 15) is 4.79 Å². The molecule has 0 aromatic carbocycles. The number of hydrogen-bond acceptors (Lipinski definition) is 1. The first kappa shape index (κ1) is 8.79. The van der Waals surface area contributed by atoms with Crippen LogP contribution in [0.5, 0.6) is 0 Å². The van der Waals surface area contributed by atoms with Crippen molar-refractivity contribution in [3.63, 3.8) is 0 Å². The van der Waals surface area contributed by atoms with Crippen LogP contribution in [-0.4, -0.2) is 5.91 Å². The number of primary amides is 1. The molecule has 2 aliphatic carbocycles. The van der Waals surface area contributed by atoms with Gasteiger partial charge < -0.3 is 5.73 Å². The lowest BCUT2D eigenvalue weighted by atomic mass is 9.81. The first-order valence-corrected chi connectivity index (χ1v) is 5.08. The van der Waals surface area contributed by atoms with Gasteiger partial charge in [-0.25, -0.2) is 0 Å². The van der Waals surface area contributed by atoms with E-state index in [1.165, 1.54) is 30.4 Å². The van der Waals surface area contributed by atoms with Crippen molar-refractivity contribution in [3.05, 3.63) is 11.1 Å². The molecule has 0 heterocycles. The summed E-state index contributed by atoms with van der Waals surface area (Å²) in [6.07, 6.45) is 3.68. The second-order valence-corrected chi connectivity index (χ2v) is 4.61. The summed E-state index contributed by atoms with van der Waals surface area (Å²) in [5.41, 5.74) is 8.12. The number of carbonyl (C=O) groups is 1. The maximum absolute atomic E-state index is 11.3. The molecule has 3 unspecified atom stereocenters. The number of allylic oxidation sites excluding steroid dienone is 1. The van der Waals surface area contributed by atoms with E-state index in [1.54, 1.807) is 0 Å². The topological polar surface area (TPSA) is 43.1 Å². The Kier molecular flexibility index (Phi) is 1.94. The minimum absolute atomic E-state index is 0.0729. The van der Waals surface area contributed by atoms with E-state index in [0.717, 1.165) is 0 Å². The summed E-state index contributed by atoms with van der Waals surface area (Å²) >= 11 is 0. The maximum Gasteiger partial charge on any atom is 0.224 e. The van der Waals surface area contributed by atoms with Crippen LogP contribution in [0.2, 0.25) is 0 Å². The molecular weight excluding hydrogens is 162 g/mol. The zero-order valence-corrected chi connectivity index (χ0v) is 8.34. The molecule has 2 rings (SSSR count). The second-order valence-electron chi connectivity index (χ2n) is 4.61. The quantitative estimate of drug-likeness (QED) is 0.613. The molecule has 2 bridgehead atoms. The third kappa shape index (κ3) is 1.19. The van der Waals surface area contributed by atoms with Crippen LogP contribution in [0.25, 0.3) is 0 Å². The van der Waals surface area contributed by atoms with Crippen LogP contribution in [-0.2, 0) is 4.79 Å². The molecule has 2 saturated carbocycles. The van der Waals surface area contributed by atoms with Crippen LogP contribution in [0.4, 0.5) is 0 Å². The summed E-state index contributed by atoms with van der Waals surface area (Å²) in [5, 5.41) is 0. The molecule has 2 fully saturated rings. The first-order valence-electron chi connectivity index (χ1n) is 5.08. The average molecular weight is 179 g/mol. The Labute approximate surface area is 79.2 Å². The highest BCUT2D eigenvalue weighted by Crippen LogP contribution is 2.52. The highest BCUT2D eigenvalue weighted by atomic mass is 16.1. The molecule has 0 aromatic rings. The number of amides is 1. The van der Waals surface area contributed by atoms with Crippen LogP contribution in [0.3, 0.4) is 0 Å². The van der Waals surface area contributed by atoms with Gasteiger partial charge >= 0.3 is 0 Å². The molecule has 13 heavy (non-hydrogen) atoms. The fourth-order valence-corrected chi connectivity index (χ4v) is 3.21. The van der Waals surface area contributed by atoms with Gasteiger partial charge in [0.15, 0.2) is 0 Å². The molecule has 0 radical (unpaired) electrons. The number of fused-ring (bicyclic) bond motifs is 2. The van der Waals surface area contributed by atoms with Crippen molar-refractivity contribution in [1.29, 1.82) is 0 Å². The molecule has 2 aliphatic rings. The maximum atomic E-state index is 11.3. The molecule has 0 aromatic heterocycles. The average Bonchev–Trinajstić information content (AvgIpc) is 2.60. The molecule has 1 amide bonds. The summed E-state index contributed by atoms with van der Waals surface area (Å²) in [6, 6.07) is 0. The smallest absolute Gasteiger partial charge is 0.224 e. The highest BCUT2D eigenvalue weighted by Gasteiger charge is 2.46. The van der Waals surface area contributed by atoms with Gasteiger partial charge in [-0.1, -0.05) is 11.1 Å². The minimum Gasteiger partial charge on any atom is -0.369 e. The Morgan fingerprint density at radius 2 is 2.08 bits per heavy atom. The monoisotopic (exact) mass is 179 g/mol. The van der Waals surface area contributed by atoms with Gasteiger partial charge in [-0.3, -0.25) is 4.79 Å². The summed E-state index contributed by atoms with van der Waals surface area (Å²) < 4.78 is 0. The van der Waals surface area contributed by atoms with Gasteiger partial charge in [0.25, 0.3) is 0 Å². The summed E-state index contributed by atoms with van der Waals surface area (Å²) in [5.74, 6) is 1.20. The van der Waals surface area contributed by atoms with E-state index >= 15 is 0 Å². The van der Waals surface area contributed by atoms with Crippen LogP contribution < -0.4 is 5.73 Å². The van der Waals surface area contributed by atoms with Crippen molar-refractivity contribution in [2.24, 2.45) is 23.5 Å². The number of nitrogens with two attached hydrogens (primary N) is 1. The number of hydrogen-bond donors (Lipinski definition) is 1. The van der Waals surface area contributed by atoms with Crippen LogP contribution in [0.1, 0.15) is 33.1 Å². The van der Waals surface area contributed by atoms with E-state index < -0.39 is 0 Å². The molecular formula is C11H17NO. The van der Waals surface area contributed by atoms with E-state index in [-0.39, 0.29) is 11.8 Å². The molecule has 0 spiro atoms. The Balaban J connectivity index is 2.36. The fraction of sp³-hybridized carbons (Fsp3) is 0.727. The normalized spacial score (nSPS) is 36.8. The standard InChI is InChI=1S/C11H17NO/c1-6(2)9-7-3-4-8(5-7)10(9)11(12)13/h7-8,10H,3-5H2,1-2H3,(H2,12,13). The lowest BCUT2D eigenvalue weighted by molar-refractivity contribution is -0.121. The van der Waals surface area contributed by atoms with Crippen molar-refractivity contribution >= 4 is 5.91 Å². The minimum atomic E-state index is -0.108. The fourth-order valence-electron chi connectivity index (χ4n) is 3.21. The largest absolute Gasteiger partial charge is 0.369 e. The van der Waals surface area contributed by atoms with Crippen molar-refractivity contribution < 1.29 is 4.79 Å². The van der Waals surface area contributed by atoms with Crippen LogP contribution in [0, 0.1) is 17.8 Å². The molecule has 3 atom stereocenters. The van der Waals surface area contributed by atoms with Gasteiger partial charge in [0, 0.05) is 0 Å². The molecule has 2 nitrogen and oxygen atoms in total. The number of carbonyl (C=O) groups excluding carboxylic acids is 1. The highest BCUT2D eigenvalue weighted by molar-refractivity contribution is 5.81. The second kappa shape index (κ2) is 2.86. The molecule has 72 valence electrons. The van der Waals surface area contributed by atoms with Gasteiger partial charge in [0.1, 0.15) is 0 Å². The Hall–Kier alpha value is -0.790. The summed E-state index contributed by atoms with van der Waals surface area (Å²) in [4.78, 5) is 11.3. The Bertz CT molecular complexity index is 276. The van der Waals surface area contributed by atoms with Gasteiger partial charge in [-0.15, -0.1) is 0 Å². The molecule has 2 heteroatoms. The molecule has 0 aliphatic heterocycles. The van der Waals surface area contributed by atoms with E-state index in [2.05, 4.69) is 13.8 Å². The summed E-state index contributed by atoms with van der Waals surface area (Å²) in [7, 11) is 0. The zero-order chi connectivity index (χ0) is 9.59. The van der Waals surface area contributed by atoms with Crippen LogP contribution in [0.15, 0.2) is 11.1 Å². The van der Waals surface area contributed by atoms with Crippen molar-refractivity contribution in [2.45, 2.75) is 33.1 Å². The van der Waals surface area contributed by atoms with E-state index in [4.69, 9.17) is 5.73 Å². The van der Waals surface area contributed by atoms with Crippen LogP contribution >= 0.6 is 0 Å².